The van der Waals surface area contributed by atoms with Crippen LogP contribution in [0.3, 0.4) is 0 Å². The van der Waals surface area contributed by atoms with Gasteiger partial charge in [-0.1, -0.05) is 0 Å². The van der Waals surface area contributed by atoms with Crippen molar-refractivity contribution in [1.29, 1.82) is 0 Å². The molecule has 18 heavy (non-hydrogen) atoms. The predicted molar refractivity (Wildman–Crippen MR) is 72.4 cm³/mol. The van der Waals surface area contributed by atoms with Crippen molar-refractivity contribution in [2.24, 2.45) is 0 Å². The lowest BCUT2D eigenvalue weighted by molar-refractivity contribution is 0.102. The van der Waals surface area contributed by atoms with Crippen LogP contribution in [0.25, 0.3) is 0 Å². The zero-order valence-electron chi connectivity index (χ0n) is 10.3. The molecule has 0 spiro atoms. The van der Waals surface area contributed by atoms with Gasteiger partial charge < -0.3 is 10.1 Å². The molecule has 2 heterocycles. The van der Waals surface area contributed by atoms with Gasteiger partial charge in [0.2, 0.25) is 0 Å². The molecule has 2 aromatic heterocycles. The second-order valence-electron chi connectivity index (χ2n) is 3.68. The van der Waals surface area contributed by atoms with E-state index < -0.39 is 0 Å². The van der Waals surface area contributed by atoms with Crippen LogP contribution in [0.2, 0.25) is 0 Å². The number of amides is 1. The van der Waals surface area contributed by atoms with E-state index in [4.69, 9.17) is 4.74 Å². The number of thiophene rings is 1. The number of nitrogens with zero attached hydrogens (tertiary/aromatic N) is 1. The van der Waals surface area contributed by atoms with Crippen LogP contribution >= 0.6 is 11.3 Å². The highest BCUT2D eigenvalue weighted by Gasteiger charge is 2.08. The van der Waals surface area contributed by atoms with Gasteiger partial charge in [0.1, 0.15) is 11.4 Å². The minimum Gasteiger partial charge on any atom is -0.492 e. The molecule has 0 atom stereocenters. The Labute approximate surface area is 110 Å². The van der Waals surface area contributed by atoms with Crippen molar-refractivity contribution >= 4 is 22.2 Å². The normalized spacial score (nSPS) is 10.1. The SMILES string of the molecule is CCOc1ccc(C(=O)Nc2ccc(C)s2)nc1. The Balaban J connectivity index is 2.04. The summed E-state index contributed by atoms with van der Waals surface area (Å²) in [5.74, 6) is 0.459. The Morgan fingerprint density at radius 2 is 2.22 bits per heavy atom. The topological polar surface area (TPSA) is 51.2 Å². The first kappa shape index (κ1) is 12.6. The van der Waals surface area contributed by atoms with Gasteiger partial charge in [-0.3, -0.25) is 4.79 Å². The summed E-state index contributed by atoms with van der Waals surface area (Å²) in [6.07, 6.45) is 1.55. The van der Waals surface area contributed by atoms with E-state index in [2.05, 4.69) is 10.3 Å². The fourth-order valence-electron chi connectivity index (χ4n) is 1.44. The van der Waals surface area contributed by atoms with Gasteiger partial charge in [-0.15, -0.1) is 11.3 Å². The van der Waals surface area contributed by atoms with E-state index in [1.807, 2.05) is 26.0 Å². The van der Waals surface area contributed by atoms with Crippen LogP contribution in [-0.4, -0.2) is 17.5 Å². The molecule has 0 unspecified atom stereocenters. The summed E-state index contributed by atoms with van der Waals surface area (Å²) in [4.78, 5) is 17.1. The molecule has 0 aliphatic heterocycles. The maximum absolute atomic E-state index is 11.9. The Morgan fingerprint density at radius 3 is 2.78 bits per heavy atom. The zero-order chi connectivity index (χ0) is 13.0. The van der Waals surface area contributed by atoms with Crippen LogP contribution < -0.4 is 10.1 Å². The smallest absolute Gasteiger partial charge is 0.274 e. The molecule has 0 fully saturated rings. The number of anilines is 1. The number of hydrogen-bond acceptors (Lipinski definition) is 4. The number of carbonyl (C=O) groups is 1. The van der Waals surface area contributed by atoms with Crippen molar-refractivity contribution < 1.29 is 9.53 Å². The standard InChI is InChI=1S/C13H14N2O2S/c1-3-17-10-5-6-11(14-8-10)13(16)15-12-7-4-9(2)18-12/h4-8H,3H2,1-2H3,(H,15,16). The third kappa shape index (κ3) is 3.07. The molecular weight excluding hydrogens is 248 g/mol. The van der Waals surface area contributed by atoms with E-state index in [1.54, 1.807) is 18.3 Å². The van der Waals surface area contributed by atoms with Gasteiger partial charge >= 0.3 is 0 Å². The Hall–Kier alpha value is -1.88. The molecule has 0 saturated carbocycles. The lowest BCUT2D eigenvalue weighted by atomic mass is 10.3. The van der Waals surface area contributed by atoms with Crippen LogP contribution in [0.5, 0.6) is 5.75 Å². The van der Waals surface area contributed by atoms with Gasteiger partial charge in [0, 0.05) is 4.88 Å². The van der Waals surface area contributed by atoms with E-state index in [9.17, 15) is 4.79 Å². The van der Waals surface area contributed by atoms with Gasteiger partial charge in [-0.25, -0.2) is 4.98 Å². The highest BCUT2D eigenvalue weighted by Crippen LogP contribution is 2.21. The number of ether oxygens (including phenoxy) is 1. The highest BCUT2D eigenvalue weighted by molar-refractivity contribution is 7.16. The number of rotatable bonds is 4. The van der Waals surface area contributed by atoms with E-state index in [0.29, 0.717) is 18.1 Å². The summed E-state index contributed by atoms with van der Waals surface area (Å²) in [6.45, 7) is 4.48. The first-order chi connectivity index (χ1) is 8.69. The Bertz CT molecular complexity index is 534. The van der Waals surface area contributed by atoms with Crippen molar-refractivity contribution in [3.63, 3.8) is 0 Å². The summed E-state index contributed by atoms with van der Waals surface area (Å²) in [5, 5.41) is 3.63. The molecule has 0 aliphatic carbocycles. The predicted octanol–water partition coefficient (Wildman–Crippen LogP) is 3.10. The van der Waals surface area contributed by atoms with Crippen molar-refractivity contribution in [2.75, 3.05) is 11.9 Å². The highest BCUT2D eigenvalue weighted by atomic mass is 32.1. The summed E-state index contributed by atoms with van der Waals surface area (Å²) in [5.41, 5.74) is 0.379. The van der Waals surface area contributed by atoms with Gasteiger partial charge in [0.25, 0.3) is 5.91 Å². The van der Waals surface area contributed by atoms with Crippen LogP contribution in [0.1, 0.15) is 22.3 Å². The second-order valence-corrected chi connectivity index (χ2v) is 4.96. The number of nitrogens with one attached hydrogen (secondary N) is 1. The third-order valence-electron chi connectivity index (χ3n) is 2.26. The monoisotopic (exact) mass is 262 g/mol. The minimum absolute atomic E-state index is 0.208. The number of carbonyl (C=O) groups excluding carboxylic acids is 1. The first-order valence-electron chi connectivity index (χ1n) is 5.65. The maximum Gasteiger partial charge on any atom is 0.274 e. The number of pyridine rings is 1. The largest absolute Gasteiger partial charge is 0.492 e. The Morgan fingerprint density at radius 1 is 1.39 bits per heavy atom. The summed E-state index contributed by atoms with van der Waals surface area (Å²) in [6, 6.07) is 7.24. The molecule has 1 N–H and O–H groups in total. The summed E-state index contributed by atoms with van der Waals surface area (Å²) >= 11 is 1.54. The fraction of sp³-hybridized carbons (Fsp3) is 0.231. The van der Waals surface area contributed by atoms with Crippen LogP contribution in [0.4, 0.5) is 5.00 Å². The molecule has 4 nitrogen and oxygen atoms in total. The molecule has 1 amide bonds. The number of aryl methyl sites for hydroxylation is 1. The van der Waals surface area contributed by atoms with Crippen LogP contribution in [-0.2, 0) is 0 Å². The van der Waals surface area contributed by atoms with Gasteiger partial charge in [-0.05, 0) is 38.1 Å². The molecule has 94 valence electrons. The molecule has 2 aromatic rings. The summed E-state index contributed by atoms with van der Waals surface area (Å²) < 4.78 is 5.27. The molecule has 0 radical (unpaired) electrons. The van der Waals surface area contributed by atoms with E-state index in [-0.39, 0.29) is 5.91 Å². The molecular formula is C13H14N2O2S. The number of aromatic nitrogens is 1. The maximum atomic E-state index is 11.9. The lowest BCUT2D eigenvalue weighted by Gasteiger charge is -2.04. The molecule has 0 aromatic carbocycles. The second kappa shape index (κ2) is 5.64. The van der Waals surface area contributed by atoms with E-state index >= 15 is 0 Å². The molecule has 2 rings (SSSR count). The van der Waals surface area contributed by atoms with Gasteiger partial charge in [-0.2, -0.15) is 0 Å². The average Bonchev–Trinajstić information content (AvgIpc) is 2.76. The quantitative estimate of drug-likeness (QED) is 0.921. The zero-order valence-corrected chi connectivity index (χ0v) is 11.1. The van der Waals surface area contributed by atoms with Crippen molar-refractivity contribution in [2.45, 2.75) is 13.8 Å². The van der Waals surface area contributed by atoms with Gasteiger partial charge in [0.05, 0.1) is 17.8 Å². The third-order valence-corrected chi connectivity index (χ3v) is 3.17. The molecule has 0 bridgehead atoms. The van der Waals surface area contributed by atoms with Gasteiger partial charge in [0.15, 0.2) is 0 Å². The fourth-order valence-corrected chi connectivity index (χ4v) is 2.21. The minimum atomic E-state index is -0.208. The van der Waals surface area contributed by atoms with Crippen LogP contribution in [0.15, 0.2) is 30.5 Å². The van der Waals surface area contributed by atoms with Crippen molar-refractivity contribution in [3.05, 3.63) is 41.0 Å². The Kier molecular flexibility index (Phi) is 3.94. The van der Waals surface area contributed by atoms with Crippen molar-refractivity contribution in [1.82, 2.24) is 4.98 Å². The van der Waals surface area contributed by atoms with Crippen molar-refractivity contribution in [3.8, 4) is 5.75 Å². The first-order valence-corrected chi connectivity index (χ1v) is 6.47. The molecule has 0 saturated heterocycles. The van der Waals surface area contributed by atoms with Crippen LogP contribution in [0, 0.1) is 6.92 Å². The van der Waals surface area contributed by atoms with E-state index in [0.717, 1.165) is 9.88 Å². The summed E-state index contributed by atoms with van der Waals surface area (Å²) in [7, 11) is 0. The molecule has 5 heteroatoms. The molecule has 0 aliphatic rings. The lowest BCUT2D eigenvalue weighted by Crippen LogP contribution is -2.12. The number of hydrogen-bond donors (Lipinski definition) is 1. The van der Waals surface area contributed by atoms with E-state index in [1.165, 1.54) is 11.3 Å². The average molecular weight is 262 g/mol.